The van der Waals surface area contributed by atoms with Gasteiger partial charge in [0.25, 0.3) is 0 Å². The SMILES string of the molecule is C=CC(=O)CC1CCC(Nc2nc(Nc3cccnc3)nc3ccsc23)CC1. The first-order valence-electron chi connectivity index (χ1n) is 9.55. The molecule has 2 N–H and O–H groups in total. The first-order valence-corrected chi connectivity index (χ1v) is 10.4. The second-order valence-corrected chi connectivity index (χ2v) is 8.05. The lowest BCUT2D eigenvalue weighted by Crippen LogP contribution is -2.27. The molecule has 1 saturated carbocycles. The van der Waals surface area contributed by atoms with Crippen molar-refractivity contribution in [1.82, 2.24) is 15.0 Å². The van der Waals surface area contributed by atoms with Crippen LogP contribution in [0.2, 0.25) is 0 Å². The highest BCUT2D eigenvalue weighted by Crippen LogP contribution is 2.32. The molecule has 0 saturated heterocycles. The van der Waals surface area contributed by atoms with Gasteiger partial charge in [-0.15, -0.1) is 11.3 Å². The first-order chi connectivity index (χ1) is 13.7. The molecule has 3 aromatic rings. The van der Waals surface area contributed by atoms with Gasteiger partial charge < -0.3 is 10.6 Å². The molecule has 3 aromatic heterocycles. The average molecular weight is 394 g/mol. The van der Waals surface area contributed by atoms with Crippen molar-refractivity contribution in [3.63, 3.8) is 0 Å². The van der Waals surface area contributed by atoms with Crippen molar-refractivity contribution in [3.05, 3.63) is 48.6 Å². The van der Waals surface area contributed by atoms with Crippen molar-refractivity contribution in [2.45, 2.75) is 38.1 Å². The number of hydrogen-bond acceptors (Lipinski definition) is 7. The Bertz CT molecular complexity index is 963. The van der Waals surface area contributed by atoms with E-state index in [1.807, 2.05) is 23.6 Å². The summed E-state index contributed by atoms with van der Waals surface area (Å²) in [4.78, 5) is 25.1. The molecule has 1 aliphatic carbocycles. The molecule has 7 heteroatoms. The summed E-state index contributed by atoms with van der Waals surface area (Å²) in [6, 6.07) is 6.19. The summed E-state index contributed by atoms with van der Waals surface area (Å²) in [6.07, 6.45) is 9.73. The normalized spacial score (nSPS) is 19.3. The number of hydrogen-bond donors (Lipinski definition) is 2. The van der Waals surface area contributed by atoms with Gasteiger partial charge in [-0.3, -0.25) is 9.78 Å². The van der Waals surface area contributed by atoms with E-state index < -0.39 is 0 Å². The van der Waals surface area contributed by atoms with Crippen LogP contribution in [0.4, 0.5) is 17.5 Å². The van der Waals surface area contributed by atoms with Gasteiger partial charge in [0.05, 0.1) is 22.1 Å². The smallest absolute Gasteiger partial charge is 0.229 e. The zero-order chi connectivity index (χ0) is 19.3. The molecule has 0 bridgehead atoms. The lowest BCUT2D eigenvalue weighted by Gasteiger charge is -2.29. The van der Waals surface area contributed by atoms with E-state index in [4.69, 9.17) is 4.98 Å². The molecular formula is C21H23N5OS. The highest BCUT2D eigenvalue weighted by molar-refractivity contribution is 7.17. The summed E-state index contributed by atoms with van der Waals surface area (Å²) < 4.78 is 1.07. The number of thiophene rings is 1. The molecule has 0 amide bonds. The maximum absolute atomic E-state index is 11.6. The third kappa shape index (κ3) is 4.36. The van der Waals surface area contributed by atoms with Crippen LogP contribution in [0.5, 0.6) is 0 Å². The van der Waals surface area contributed by atoms with Crippen LogP contribution < -0.4 is 10.6 Å². The van der Waals surface area contributed by atoms with Gasteiger partial charge in [0.1, 0.15) is 5.82 Å². The molecule has 0 atom stereocenters. The second-order valence-electron chi connectivity index (χ2n) is 7.13. The molecule has 28 heavy (non-hydrogen) atoms. The topological polar surface area (TPSA) is 79.8 Å². The van der Waals surface area contributed by atoms with E-state index in [0.717, 1.165) is 47.4 Å². The molecule has 1 fully saturated rings. The summed E-state index contributed by atoms with van der Waals surface area (Å²) in [6.45, 7) is 3.57. The second kappa shape index (κ2) is 8.48. The number of anilines is 3. The van der Waals surface area contributed by atoms with Gasteiger partial charge in [0.15, 0.2) is 5.78 Å². The lowest BCUT2D eigenvalue weighted by molar-refractivity contribution is -0.115. The van der Waals surface area contributed by atoms with E-state index in [1.165, 1.54) is 6.08 Å². The fraction of sp³-hybridized carbons (Fsp3) is 0.333. The third-order valence-corrected chi connectivity index (χ3v) is 6.04. The maximum atomic E-state index is 11.6. The Morgan fingerprint density at radius 1 is 1.25 bits per heavy atom. The van der Waals surface area contributed by atoms with E-state index >= 15 is 0 Å². The van der Waals surface area contributed by atoms with Crippen LogP contribution in [0.25, 0.3) is 10.2 Å². The number of pyridine rings is 1. The molecule has 1 aliphatic rings. The summed E-state index contributed by atoms with van der Waals surface area (Å²) in [5.41, 5.74) is 1.79. The van der Waals surface area contributed by atoms with Crippen LogP contribution in [0.15, 0.2) is 48.6 Å². The molecule has 0 unspecified atom stereocenters. The van der Waals surface area contributed by atoms with Gasteiger partial charge in [-0.2, -0.15) is 4.98 Å². The minimum absolute atomic E-state index is 0.152. The standard InChI is InChI=1S/C21H23N5OS/c1-2-17(27)12-14-5-7-15(8-6-14)23-20-19-18(9-11-28-19)25-21(26-20)24-16-4-3-10-22-13-16/h2-4,9-11,13-15H,1,5-8,12H2,(H2,23,24,25,26). The summed E-state index contributed by atoms with van der Waals surface area (Å²) >= 11 is 1.65. The van der Waals surface area contributed by atoms with Crippen molar-refractivity contribution < 1.29 is 4.79 Å². The Labute approximate surface area is 168 Å². The quantitative estimate of drug-likeness (QED) is 0.553. The van der Waals surface area contributed by atoms with Crippen molar-refractivity contribution >= 4 is 44.8 Å². The monoisotopic (exact) mass is 393 g/mol. The van der Waals surface area contributed by atoms with Crippen LogP contribution in [0, 0.1) is 5.92 Å². The number of ketones is 1. The zero-order valence-electron chi connectivity index (χ0n) is 15.6. The van der Waals surface area contributed by atoms with E-state index in [1.54, 1.807) is 23.7 Å². The zero-order valence-corrected chi connectivity index (χ0v) is 16.4. The summed E-state index contributed by atoms with van der Waals surface area (Å²) in [5, 5.41) is 8.89. The number of rotatable bonds is 7. The summed E-state index contributed by atoms with van der Waals surface area (Å²) in [7, 11) is 0. The average Bonchev–Trinajstić information content (AvgIpc) is 3.19. The molecule has 144 valence electrons. The van der Waals surface area contributed by atoms with Crippen molar-refractivity contribution in [2.24, 2.45) is 5.92 Å². The van der Waals surface area contributed by atoms with Crippen LogP contribution in [0.1, 0.15) is 32.1 Å². The maximum Gasteiger partial charge on any atom is 0.229 e. The van der Waals surface area contributed by atoms with E-state index in [0.29, 0.717) is 24.3 Å². The predicted molar refractivity (Wildman–Crippen MR) is 114 cm³/mol. The van der Waals surface area contributed by atoms with E-state index in [-0.39, 0.29) is 5.78 Å². The number of nitrogens with one attached hydrogen (secondary N) is 2. The van der Waals surface area contributed by atoms with Crippen LogP contribution in [-0.4, -0.2) is 26.8 Å². The number of carbonyl (C=O) groups is 1. The minimum Gasteiger partial charge on any atom is -0.366 e. The van der Waals surface area contributed by atoms with Gasteiger partial charge >= 0.3 is 0 Å². The highest BCUT2D eigenvalue weighted by atomic mass is 32.1. The molecule has 0 aliphatic heterocycles. The fourth-order valence-electron chi connectivity index (χ4n) is 3.66. The molecule has 6 nitrogen and oxygen atoms in total. The predicted octanol–water partition coefficient (Wildman–Crippen LogP) is 4.95. The van der Waals surface area contributed by atoms with Crippen molar-refractivity contribution in [2.75, 3.05) is 10.6 Å². The van der Waals surface area contributed by atoms with Crippen molar-refractivity contribution in [1.29, 1.82) is 0 Å². The third-order valence-electron chi connectivity index (χ3n) is 5.13. The van der Waals surface area contributed by atoms with Gasteiger partial charge in [0, 0.05) is 18.7 Å². The van der Waals surface area contributed by atoms with Gasteiger partial charge in [0.2, 0.25) is 5.95 Å². The molecule has 0 spiro atoms. The number of nitrogens with zero attached hydrogens (tertiary/aromatic N) is 3. The Morgan fingerprint density at radius 2 is 2.11 bits per heavy atom. The number of fused-ring (bicyclic) bond motifs is 1. The van der Waals surface area contributed by atoms with Gasteiger partial charge in [-0.25, -0.2) is 4.98 Å². The highest BCUT2D eigenvalue weighted by Gasteiger charge is 2.23. The fourth-order valence-corrected chi connectivity index (χ4v) is 4.44. The molecule has 3 heterocycles. The van der Waals surface area contributed by atoms with Crippen LogP contribution in [-0.2, 0) is 4.79 Å². The lowest BCUT2D eigenvalue weighted by atomic mass is 9.83. The number of aromatic nitrogens is 3. The van der Waals surface area contributed by atoms with Gasteiger partial charge in [-0.1, -0.05) is 6.58 Å². The molecule has 0 aromatic carbocycles. The largest absolute Gasteiger partial charge is 0.366 e. The van der Waals surface area contributed by atoms with Gasteiger partial charge in [-0.05, 0) is 61.3 Å². The van der Waals surface area contributed by atoms with E-state index in [2.05, 4.69) is 27.2 Å². The number of carbonyl (C=O) groups excluding carboxylic acids is 1. The Kier molecular flexibility index (Phi) is 5.62. The Morgan fingerprint density at radius 3 is 2.86 bits per heavy atom. The number of allylic oxidation sites excluding steroid dienone is 1. The molecular weight excluding hydrogens is 370 g/mol. The van der Waals surface area contributed by atoms with Crippen LogP contribution >= 0.6 is 11.3 Å². The van der Waals surface area contributed by atoms with Crippen LogP contribution in [0.3, 0.4) is 0 Å². The Hall–Kier alpha value is -2.80. The van der Waals surface area contributed by atoms with E-state index in [9.17, 15) is 4.79 Å². The molecule has 4 rings (SSSR count). The minimum atomic E-state index is 0.152. The summed E-state index contributed by atoms with van der Waals surface area (Å²) in [5.74, 6) is 2.06. The first kappa shape index (κ1) is 18.6. The molecule has 0 radical (unpaired) electrons. The Balaban J connectivity index is 1.47. The van der Waals surface area contributed by atoms with Crippen molar-refractivity contribution in [3.8, 4) is 0 Å².